The van der Waals surface area contributed by atoms with E-state index in [1.807, 2.05) is 6.92 Å². The van der Waals surface area contributed by atoms with Crippen molar-refractivity contribution in [2.75, 3.05) is 11.9 Å². The predicted molar refractivity (Wildman–Crippen MR) is 76.5 cm³/mol. The van der Waals surface area contributed by atoms with Crippen molar-refractivity contribution in [3.63, 3.8) is 0 Å². The minimum Gasteiger partial charge on any atom is -0.334 e. The van der Waals surface area contributed by atoms with Gasteiger partial charge in [-0.15, -0.1) is 0 Å². The first-order chi connectivity index (χ1) is 8.95. The van der Waals surface area contributed by atoms with E-state index in [0.717, 1.165) is 18.6 Å². The second-order valence-electron chi connectivity index (χ2n) is 4.73. The third-order valence-corrected chi connectivity index (χ3v) is 4.64. The molecule has 1 aromatic carbocycles. The second kappa shape index (κ2) is 5.87. The number of hydrogen-bond acceptors (Lipinski definition) is 1. The van der Waals surface area contributed by atoms with Crippen LogP contribution in [0.15, 0.2) is 16.6 Å². The van der Waals surface area contributed by atoms with E-state index in [9.17, 15) is 13.6 Å². The lowest BCUT2D eigenvalue weighted by Crippen LogP contribution is -2.39. The molecule has 1 aliphatic heterocycles. The molecule has 1 heterocycles. The maximum absolute atomic E-state index is 13.8. The topological polar surface area (TPSA) is 20.3 Å². The lowest BCUT2D eigenvalue weighted by Gasteiger charge is -2.25. The van der Waals surface area contributed by atoms with Crippen molar-refractivity contribution >= 4 is 37.8 Å². The van der Waals surface area contributed by atoms with Crippen molar-refractivity contribution in [3.8, 4) is 0 Å². The molecule has 2 rings (SSSR count). The number of alkyl halides is 1. The zero-order chi connectivity index (χ0) is 14.2. The molecule has 0 saturated carbocycles. The highest BCUT2D eigenvalue weighted by molar-refractivity contribution is 9.10. The quantitative estimate of drug-likeness (QED) is 0.692. The summed E-state index contributed by atoms with van der Waals surface area (Å²) in [6.07, 6.45) is 0.849. The van der Waals surface area contributed by atoms with Gasteiger partial charge in [0, 0.05) is 22.4 Å². The van der Waals surface area contributed by atoms with Crippen molar-refractivity contribution in [1.29, 1.82) is 0 Å². The highest BCUT2D eigenvalue weighted by atomic mass is 79.9. The van der Waals surface area contributed by atoms with E-state index in [0.29, 0.717) is 17.8 Å². The number of carbonyl (C=O) groups is 1. The standard InChI is InChI=1S/C13H13Br2F2NO/c1-7-2-3-18(11(7)6-14)13(19)12-9(16)4-8(15)5-10(12)17/h4-5,7,11H,2-3,6H2,1H3. The lowest BCUT2D eigenvalue weighted by molar-refractivity contribution is 0.0728. The summed E-state index contributed by atoms with van der Waals surface area (Å²) in [5, 5.41) is 0.611. The Kier molecular flexibility index (Phi) is 4.61. The molecule has 104 valence electrons. The molecule has 0 radical (unpaired) electrons. The summed E-state index contributed by atoms with van der Waals surface area (Å²) < 4.78 is 27.9. The number of benzene rings is 1. The Morgan fingerprint density at radius 3 is 2.53 bits per heavy atom. The van der Waals surface area contributed by atoms with Crippen LogP contribution in [0.2, 0.25) is 0 Å². The predicted octanol–water partition coefficient (Wildman–Crippen LogP) is 3.97. The zero-order valence-electron chi connectivity index (χ0n) is 10.3. The highest BCUT2D eigenvalue weighted by Gasteiger charge is 2.36. The van der Waals surface area contributed by atoms with Crippen LogP contribution < -0.4 is 0 Å². The number of hydrogen-bond donors (Lipinski definition) is 0. The van der Waals surface area contributed by atoms with Crippen molar-refractivity contribution in [1.82, 2.24) is 4.90 Å². The van der Waals surface area contributed by atoms with E-state index in [4.69, 9.17) is 0 Å². The van der Waals surface area contributed by atoms with Crippen molar-refractivity contribution in [2.24, 2.45) is 5.92 Å². The highest BCUT2D eigenvalue weighted by Crippen LogP contribution is 2.29. The Labute approximate surface area is 127 Å². The molecule has 19 heavy (non-hydrogen) atoms. The Morgan fingerprint density at radius 2 is 2.00 bits per heavy atom. The molecular formula is C13H13Br2F2NO. The average Bonchev–Trinajstić information content (AvgIpc) is 2.68. The molecule has 0 aliphatic carbocycles. The van der Waals surface area contributed by atoms with Gasteiger partial charge >= 0.3 is 0 Å². The molecule has 0 N–H and O–H groups in total. The van der Waals surface area contributed by atoms with Crippen LogP contribution in [0.3, 0.4) is 0 Å². The third kappa shape index (κ3) is 2.84. The van der Waals surface area contributed by atoms with Gasteiger partial charge in [-0.05, 0) is 24.5 Å². The van der Waals surface area contributed by atoms with Gasteiger partial charge in [0.25, 0.3) is 5.91 Å². The zero-order valence-corrected chi connectivity index (χ0v) is 13.5. The number of likely N-dealkylation sites (tertiary alicyclic amines) is 1. The monoisotopic (exact) mass is 395 g/mol. The fourth-order valence-corrected chi connectivity index (χ4v) is 3.78. The van der Waals surface area contributed by atoms with Crippen molar-refractivity contribution in [2.45, 2.75) is 19.4 Å². The van der Waals surface area contributed by atoms with Gasteiger partial charge in [-0.2, -0.15) is 0 Å². The van der Waals surface area contributed by atoms with Crippen LogP contribution in [0, 0.1) is 17.6 Å². The molecule has 1 fully saturated rings. The molecule has 1 saturated heterocycles. The van der Waals surface area contributed by atoms with E-state index in [2.05, 4.69) is 31.9 Å². The van der Waals surface area contributed by atoms with Gasteiger partial charge in [0.2, 0.25) is 0 Å². The lowest BCUT2D eigenvalue weighted by atomic mass is 10.0. The van der Waals surface area contributed by atoms with Gasteiger partial charge < -0.3 is 4.90 Å². The molecule has 2 unspecified atom stereocenters. The van der Waals surface area contributed by atoms with Gasteiger partial charge in [0.1, 0.15) is 17.2 Å². The van der Waals surface area contributed by atoms with E-state index >= 15 is 0 Å². The molecule has 6 heteroatoms. The molecule has 0 aromatic heterocycles. The van der Waals surface area contributed by atoms with Crippen LogP contribution in [-0.4, -0.2) is 28.7 Å². The maximum atomic E-state index is 13.8. The number of nitrogens with zero attached hydrogens (tertiary/aromatic N) is 1. The summed E-state index contributed by atoms with van der Waals surface area (Å²) in [5.41, 5.74) is -0.469. The summed E-state index contributed by atoms with van der Waals surface area (Å²) in [4.78, 5) is 13.9. The largest absolute Gasteiger partial charge is 0.334 e. The van der Waals surface area contributed by atoms with Gasteiger partial charge in [-0.3, -0.25) is 4.79 Å². The first kappa shape index (κ1) is 14.9. The molecule has 2 nitrogen and oxygen atoms in total. The number of halogens is 4. The summed E-state index contributed by atoms with van der Waals surface area (Å²) in [7, 11) is 0. The second-order valence-corrected chi connectivity index (χ2v) is 6.29. The van der Waals surface area contributed by atoms with Crippen LogP contribution in [0.25, 0.3) is 0 Å². The Morgan fingerprint density at radius 1 is 1.42 bits per heavy atom. The van der Waals surface area contributed by atoms with Crippen LogP contribution in [-0.2, 0) is 0 Å². The molecule has 1 aliphatic rings. The number of carbonyl (C=O) groups excluding carboxylic acids is 1. The van der Waals surface area contributed by atoms with Crippen LogP contribution in [0.4, 0.5) is 8.78 Å². The van der Waals surface area contributed by atoms with Crippen LogP contribution >= 0.6 is 31.9 Å². The fourth-order valence-electron chi connectivity index (χ4n) is 2.39. The third-order valence-electron chi connectivity index (χ3n) is 3.52. The Bertz CT molecular complexity index is 486. The summed E-state index contributed by atoms with van der Waals surface area (Å²) in [6.45, 7) is 2.57. The average molecular weight is 397 g/mol. The fraction of sp³-hybridized carbons (Fsp3) is 0.462. The molecule has 0 spiro atoms. The summed E-state index contributed by atoms with van der Waals surface area (Å²) >= 11 is 6.36. The van der Waals surface area contributed by atoms with E-state index < -0.39 is 23.1 Å². The van der Waals surface area contributed by atoms with Crippen molar-refractivity contribution < 1.29 is 13.6 Å². The normalized spacial score (nSPS) is 22.9. The van der Waals surface area contributed by atoms with Gasteiger partial charge in [0.05, 0.1) is 0 Å². The minimum absolute atomic E-state index is 0.0186. The molecule has 0 bridgehead atoms. The van der Waals surface area contributed by atoms with Gasteiger partial charge in [-0.25, -0.2) is 8.78 Å². The molecular weight excluding hydrogens is 384 g/mol. The van der Waals surface area contributed by atoms with Crippen LogP contribution in [0.1, 0.15) is 23.7 Å². The van der Waals surface area contributed by atoms with Crippen molar-refractivity contribution in [3.05, 3.63) is 33.8 Å². The van der Waals surface area contributed by atoms with E-state index in [-0.39, 0.29) is 10.5 Å². The SMILES string of the molecule is CC1CCN(C(=O)c2c(F)cc(Br)cc2F)C1CBr. The Balaban J connectivity index is 2.35. The van der Waals surface area contributed by atoms with Crippen LogP contribution in [0.5, 0.6) is 0 Å². The summed E-state index contributed by atoms with van der Waals surface area (Å²) in [6, 6.07) is 2.20. The Hall–Kier alpha value is -0.490. The number of rotatable bonds is 2. The van der Waals surface area contributed by atoms with Gasteiger partial charge in [-0.1, -0.05) is 38.8 Å². The number of amides is 1. The summed E-state index contributed by atoms with van der Waals surface area (Å²) in [5.74, 6) is -1.91. The van der Waals surface area contributed by atoms with Gasteiger partial charge in [0.15, 0.2) is 0 Å². The van der Waals surface area contributed by atoms with E-state index in [1.54, 1.807) is 4.90 Å². The molecule has 2 atom stereocenters. The minimum atomic E-state index is -0.829. The first-order valence-corrected chi connectivity index (χ1v) is 7.88. The smallest absolute Gasteiger partial charge is 0.260 e. The first-order valence-electron chi connectivity index (χ1n) is 5.97. The maximum Gasteiger partial charge on any atom is 0.260 e. The molecule has 1 aromatic rings. The van der Waals surface area contributed by atoms with E-state index in [1.165, 1.54) is 0 Å². The molecule has 1 amide bonds.